The molecule has 8 heteroatoms. The minimum Gasteiger partial charge on any atom is -0.485 e. The summed E-state index contributed by atoms with van der Waals surface area (Å²) in [6.07, 6.45) is 7.21. The lowest BCUT2D eigenvalue weighted by Gasteiger charge is -2.36. The number of fused-ring (bicyclic) bond motifs is 1. The van der Waals surface area contributed by atoms with Gasteiger partial charge in [-0.2, -0.15) is 5.10 Å². The van der Waals surface area contributed by atoms with Gasteiger partial charge in [-0.25, -0.2) is 0 Å². The Morgan fingerprint density at radius 2 is 2.17 bits per heavy atom. The van der Waals surface area contributed by atoms with Crippen molar-refractivity contribution in [1.82, 2.24) is 14.9 Å². The molecule has 3 aromatic rings. The maximum absolute atomic E-state index is 12.3. The molecule has 1 aromatic carbocycles. The van der Waals surface area contributed by atoms with E-state index in [4.69, 9.17) is 14.0 Å². The number of amides is 1. The van der Waals surface area contributed by atoms with Crippen molar-refractivity contribution in [1.29, 1.82) is 0 Å². The molecule has 0 aliphatic carbocycles. The molecule has 2 aliphatic heterocycles. The third-order valence-corrected chi connectivity index (χ3v) is 5.84. The number of ether oxygens (including phenoxy) is 2. The first kappa shape index (κ1) is 18.9. The number of carbonyl (C=O) groups excluding carboxylic acids is 1. The molecular formula is C22H24N4O4. The minimum atomic E-state index is 0.0372. The van der Waals surface area contributed by atoms with Crippen LogP contribution in [0.3, 0.4) is 0 Å². The summed E-state index contributed by atoms with van der Waals surface area (Å²) in [4.78, 5) is 14.2. The first-order chi connectivity index (χ1) is 14.6. The van der Waals surface area contributed by atoms with E-state index in [0.29, 0.717) is 19.0 Å². The Bertz CT molecular complexity index is 1060. The predicted octanol–water partition coefficient (Wildman–Crippen LogP) is 3.38. The van der Waals surface area contributed by atoms with Crippen molar-refractivity contribution in [2.24, 2.45) is 0 Å². The number of rotatable bonds is 5. The van der Waals surface area contributed by atoms with Crippen molar-refractivity contribution in [3.63, 3.8) is 0 Å². The maximum atomic E-state index is 12.3. The topological polar surface area (TPSA) is 82.6 Å². The lowest BCUT2D eigenvalue weighted by molar-refractivity contribution is -0.117. The summed E-state index contributed by atoms with van der Waals surface area (Å²) in [5.41, 5.74) is 3.89. The fourth-order valence-corrected chi connectivity index (χ4v) is 4.19. The van der Waals surface area contributed by atoms with Crippen molar-refractivity contribution in [3.05, 3.63) is 48.1 Å². The molecule has 0 unspecified atom stereocenters. The number of benzene rings is 1. The SMILES string of the molecule is CC(=O)N1c2ccc(-c3cnn(C4COC4)c3)c(OCc3ccno3)c2CC[C@@H]1C. The zero-order valence-corrected chi connectivity index (χ0v) is 17.1. The Kier molecular flexibility index (Phi) is 4.78. The van der Waals surface area contributed by atoms with Crippen molar-refractivity contribution < 1.29 is 18.8 Å². The third-order valence-electron chi connectivity index (χ3n) is 5.84. The molecule has 1 saturated heterocycles. The summed E-state index contributed by atoms with van der Waals surface area (Å²) >= 11 is 0. The van der Waals surface area contributed by atoms with Gasteiger partial charge in [0.1, 0.15) is 12.4 Å². The molecule has 5 rings (SSSR count). The van der Waals surface area contributed by atoms with E-state index in [1.165, 1.54) is 0 Å². The fraction of sp³-hybridized carbons (Fsp3) is 0.409. The van der Waals surface area contributed by atoms with Crippen molar-refractivity contribution in [2.75, 3.05) is 18.1 Å². The van der Waals surface area contributed by atoms with Crippen molar-refractivity contribution in [2.45, 2.75) is 45.4 Å². The molecule has 2 aliphatic rings. The number of aromatic nitrogens is 3. The normalized spacial score (nSPS) is 18.7. The van der Waals surface area contributed by atoms with Gasteiger partial charge in [0, 0.05) is 41.9 Å². The van der Waals surface area contributed by atoms with Crippen LogP contribution in [0.4, 0.5) is 5.69 Å². The van der Waals surface area contributed by atoms with Gasteiger partial charge < -0.3 is 18.9 Å². The lowest BCUT2D eigenvalue weighted by Crippen LogP contribution is -2.40. The van der Waals surface area contributed by atoms with E-state index in [1.807, 2.05) is 34.1 Å². The van der Waals surface area contributed by atoms with Gasteiger partial charge in [-0.05, 0) is 31.9 Å². The number of carbonyl (C=O) groups is 1. The summed E-state index contributed by atoms with van der Waals surface area (Å²) < 4.78 is 18.7. The van der Waals surface area contributed by atoms with Crippen LogP contribution in [0.25, 0.3) is 11.1 Å². The zero-order chi connectivity index (χ0) is 20.7. The molecule has 0 N–H and O–H groups in total. The molecule has 8 nitrogen and oxygen atoms in total. The molecule has 1 atom stereocenters. The van der Waals surface area contributed by atoms with Gasteiger partial charge >= 0.3 is 0 Å². The maximum Gasteiger partial charge on any atom is 0.224 e. The zero-order valence-electron chi connectivity index (χ0n) is 17.1. The fourth-order valence-electron chi connectivity index (χ4n) is 4.19. The van der Waals surface area contributed by atoms with Gasteiger partial charge in [0.2, 0.25) is 5.91 Å². The van der Waals surface area contributed by atoms with Gasteiger partial charge in [0.15, 0.2) is 5.76 Å². The van der Waals surface area contributed by atoms with E-state index < -0.39 is 0 Å². The van der Waals surface area contributed by atoms with Gasteiger partial charge in [0.25, 0.3) is 0 Å². The van der Waals surface area contributed by atoms with Crippen LogP contribution >= 0.6 is 0 Å². The Morgan fingerprint density at radius 1 is 1.30 bits per heavy atom. The average Bonchev–Trinajstić information content (AvgIpc) is 3.36. The van der Waals surface area contributed by atoms with Crippen LogP contribution in [-0.2, 0) is 22.6 Å². The predicted molar refractivity (Wildman–Crippen MR) is 109 cm³/mol. The number of hydrogen-bond acceptors (Lipinski definition) is 6. The van der Waals surface area contributed by atoms with E-state index in [0.717, 1.165) is 41.0 Å². The van der Waals surface area contributed by atoms with Crippen LogP contribution in [0.5, 0.6) is 5.75 Å². The van der Waals surface area contributed by atoms with E-state index >= 15 is 0 Å². The second-order valence-corrected chi connectivity index (χ2v) is 7.88. The molecular weight excluding hydrogens is 384 g/mol. The van der Waals surface area contributed by atoms with Crippen molar-refractivity contribution in [3.8, 4) is 16.9 Å². The highest BCUT2D eigenvalue weighted by molar-refractivity contribution is 5.95. The van der Waals surface area contributed by atoms with Gasteiger partial charge in [0.05, 0.1) is 37.3 Å². The molecule has 0 spiro atoms. The second-order valence-electron chi connectivity index (χ2n) is 7.88. The third kappa shape index (κ3) is 3.27. The molecule has 0 bridgehead atoms. The molecule has 0 radical (unpaired) electrons. The standard InChI is InChI=1S/C22H24N4O4/c1-14-3-4-20-21(26(14)15(2)27)6-5-19(22(20)29-13-18-7-8-24-30-18)16-9-23-25(10-16)17-11-28-12-17/h5-10,14,17H,3-4,11-13H2,1-2H3/t14-/m0/s1. The molecule has 0 saturated carbocycles. The summed E-state index contributed by atoms with van der Waals surface area (Å²) in [5, 5.41) is 8.27. The summed E-state index contributed by atoms with van der Waals surface area (Å²) in [6.45, 7) is 5.33. The molecule has 2 aromatic heterocycles. The Hall–Kier alpha value is -3.13. The van der Waals surface area contributed by atoms with Crippen LogP contribution in [-0.4, -0.2) is 40.1 Å². The van der Waals surface area contributed by atoms with Gasteiger partial charge in [-0.1, -0.05) is 5.16 Å². The van der Waals surface area contributed by atoms with Crippen LogP contribution in [0.2, 0.25) is 0 Å². The van der Waals surface area contributed by atoms with Crippen LogP contribution < -0.4 is 9.64 Å². The van der Waals surface area contributed by atoms with Crippen LogP contribution in [0.15, 0.2) is 41.3 Å². The molecule has 30 heavy (non-hydrogen) atoms. The highest BCUT2D eigenvalue weighted by Crippen LogP contribution is 2.43. The van der Waals surface area contributed by atoms with Gasteiger partial charge in [-0.3, -0.25) is 9.48 Å². The van der Waals surface area contributed by atoms with Gasteiger partial charge in [-0.15, -0.1) is 0 Å². The molecule has 156 valence electrons. The molecule has 1 fully saturated rings. The minimum absolute atomic E-state index is 0.0372. The first-order valence-electron chi connectivity index (χ1n) is 10.2. The summed E-state index contributed by atoms with van der Waals surface area (Å²) in [7, 11) is 0. The number of nitrogens with zero attached hydrogens (tertiary/aromatic N) is 4. The molecule has 4 heterocycles. The van der Waals surface area contributed by atoms with Crippen LogP contribution in [0.1, 0.15) is 37.6 Å². The summed E-state index contributed by atoms with van der Waals surface area (Å²) in [5.74, 6) is 1.45. The quantitative estimate of drug-likeness (QED) is 0.644. The monoisotopic (exact) mass is 408 g/mol. The second kappa shape index (κ2) is 7.60. The number of anilines is 1. The molecule has 1 amide bonds. The average molecular weight is 408 g/mol. The first-order valence-corrected chi connectivity index (χ1v) is 10.2. The van der Waals surface area contributed by atoms with E-state index in [2.05, 4.69) is 17.2 Å². The Balaban J connectivity index is 1.57. The smallest absolute Gasteiger partial charge is 0.224 e. The van der Waals surface area contributed by atoms with Crippen molar-refractivity contribution >= 4 is 11.6 Å². The number of hydrogen-bond donors (Lipinski definition) is 0. The largest absolute Gasteiger partial charge is 0.485 e. The van der Waals surface area contributed by atoms with E-state index in [1.54, 1.807) is 19.2 Å². The van der Waals surface area contributed by atoms with Crippen LogP contribution in [0, 0.1) is 0 Å². The van der Waals surface area contributed by atoms with E-state index in [-0.39, 0.29) is 24.6 Å². The lowest BCUT2D eigenvalue weighted by atomic mass is 9.92. The summed E-state index contributed by atoms with van der Waals surface area (Å²) in [6, 6.07) is 6.26. The highest BCUT2D eigenvalue weighted by atomic mass is 16.5. The Morgan fingerprint density at radius 3 is 2.87 bits per heavy atom. The highest BCUT2D eigenvalue weighted by Gasteiger charge is 2.30. The van der Waals surface area contributed by atoms with E-state index in [9.17, 15) is 4.79 Å². The Labute approximate surface area is 174 Å².